The van der Waals surface area contributed by atoms with Crippen molar-refractivity contribution in [2.24, 2.45) is 7.05 Å². The molecule has 1 unspecified atom stereocenters. The van der Waals surface area contributed by atoms with E-state index in [1.54, 1.807) is 7.05 Å². The number of likely N-dealkylation sites (N-methyl/N-ethyl adjacent to an activating group) is 1. The van der Waals surface area contributed by atoms with E-state index in [1.807, 2.05) is 14.0 Å². The Bertz CT molecular complexity index is 776. The number of benzene rings is 1. The molecule has 0 saturated carbocycles. The molecule has 1 aromatic heterocycles. The number of aryl methyl sites for hydroxylation is 1. The molecule has 5 heteroatoms. The number of rotatable bonds is 4. The molecular weight excluding hydrogens is 290 g/mol. The molecular formula is C18H25N3O2. The van der Waals surface area contributed by atoms with Gasteiger partial charge in [0.05, 0.1) is 0 Å². The van der Waals surface area contributed by atoms with Crippen LogP contribution in [-0.4, -0.2) is 33.6 Å². The molecule has 23 heavy (non-hydrogen) atoms. The summed E-state index contributed by atoms with van der Waals surface area (Å²) in [5, 5.41) is 13.5. The lowest BCUT2D eigenvalue weighted by molar-refractivity contribution is -0.139. The zero-order chi connectivity index (χ0) is 16.9. The third kappa shape index (κ3) is 2.44. The van der Waals surface area contributed by atoms with E-state index >= 15 is 0 Å². The van der Waals surface area contributed by atoms with E-state index in [0.717, 1.165) is 35.2 Å². The molecule has 3 rings (SSSR count). The van der Waals surface area contributed by atoms with Gasteiger partial charge in [0.25, 0.3) is 0 Å². The maximum Gasteiger partial charge on any atom is 0.325 e. The number of carbonyl (C=O) groups is 1. The van der Waals surface area contributed by atoms with Crippen molar-refractivity contribution in [1.82, 2.24) is 14.8 Å². The molecule has 2 N–H and O–H groups in total. The summed E-state index contributed by atoms with van der Waals surface area (Å²) in [5.74, 6) is -0.840. The maximum atomic E-state index is 11.6. The zero-order valence-corrected chi connectivity index (χ0v) is 14.5. The Morgan fingerprint density at radius 1 is 1.26 bits per heavy atom. The van der Waals surface area contributed by atoms with Gasteiger partial charge in [0, 0.05) is 48.3 Å². The molecule has 2 aromatic rings. The van der Waals surface area contributed by atoms with Gasteiger partial charge >= 0.3 is 5.97 Å². The van der Waals surface area contributed by atoms with Gasteiger partial charge in [-0.3, -0.25) is 9.69 Å². The van der Waals surface area contributed by atoms with Crippen molar-refractivity contribution in [3.8, 4) is 0 Å². The summed E-state index contributed by atoms with van der Waals surface area (Å²) >= 11 is 0. The van der Waals surface area contributed by atoms with Gasteiger partial charge in [0.1, 0.15) is 6.04 Å². The Morgan fingerprint density at radius 3 is 2.39 bits per heavy atom. The Labute approximate surface area is 136 Å². The summed E-state index contributed by atoms with van der Waals surface area (Å²) in [6, 6.07) is 4.26. The van der Waals surface area contributed by atoms with Crippen LogP contribution in [0.2, 0.25) is 0 Å². The van der Waals surface area contributed by atoms with Gasteiger partial charge < -0.3 is 15.0 Å². The van der Waals surface area contributed by atoms with E-state index in [4.69, 9.17) is 0 Å². The minimum absolute atomic E-state index is 0.510. The zero-order valence-electron chi connectivity index (χ0n) is 14.5. The van der Waals surface area contributed by atoms with E-state index in [2.05, 4.69) is 40.8 Å². The average Bonchev–Trinajstić information content (AvgIpc) is 3.01. The summed E-state index contributed by atoms with van der Waals surface area (Å²) in [7, 11) is 3.71. The highest BCUT2D eigenvalue weighted by Gasteiger charge is 2.28. The van der Waals surface area contributed by atoms with Crippen LogP contribution in [0.1, 0.15) is 42.3 Å². The molecule has 0 radical (unpaired) electrons. The van der Waals surface area contributed by atoms with E-state index in [1.165, 1.54) is 11.1 Å². The first kappa shape index (κ1) is 16.0. The van der Waals surface area contributed by atoms with Crippen LogP contribution in [0.15, 0.2) is 12.1 Å². The second kappa shape index (κ2) is 5.65. The van der Waals surface area contributed by atoms with Crippen LogP contribution in [0, 0.1) is 6.92 Å². The molecule has 1 aliphatic rings. The third-order valence-corrected chi connectivity index (χ3v) is 5.16. The minimum atomic E-state index is -0.840. The second-order valence-electron chi connectivity index (χ2n) is 6.75. The van der Waals surface area contributed by atoms with Gasteiger partial charge in [-0.1, -0.05) is 0 Å². The molecule has 1 aliphatic heterocycles. The van der Waals surface area contributed by atoms with Gasteiger partial charge in [0.2, 0.25) is 0 Å². The number of aliphatic carboxylic acids is 1. The fourth-order valence-corrected chi connectivity index (χ4v) is 3.63. The van der Waals surface area contributed by atoms with Gasteiger partial charge in [-0.15, -0.1) is 0 Å². The summed E-state index contributed by atoms with van der Waals surface area (Å²) in [6.07, 6.45) is 0. The number of carboxylic acids is 1. The lowest BCUT2D eigenvalue weighted by Gasteiger charge is -2.18. The molecule has 0 aliphatic carbocycles. The number of carboxylic acid groups (broad SMARTS) is 1. The lowest BCUT2D eigenvalue weighted by atomic mass is 10.00. The minimum Gasteiger partial charge on any atom is -0.480 e. The predicted octanol–water partition coefficient (Wildman–Crippen LogP) is 2.56. The topological polar surface area (TPSA) is 57.5 Å². The SMILES string of the molecule is CNC(C(=O)O)c1c(C)n(C)c2cc3c(cc12)CN(C(C)C)C3. The van der Waals surface area contributed by atoms with Crippen molar-refractivity contribution in [2.45, 2.75) is 45.9 Å². The van der Waals surface area contributed by atoms with E-state index in [-0.39, 0.29) is 0 Å². The predicted molar refractivity (Wildman–Crippen MR) is 91.5 cm³/mol. The molecule has 1 atom stereocenters. The molecule has 0 amide bonds. The van der Waals surface area contributed by atoms with Crippen LogP contribution in [0.5, 0.6) is 0 Å². The van der Waals surface area contributed by atoms with Crippen molar-refractivity contribution in [3.05, 3.63) is 34.5 Å². The summed E-state index contributed by atoms with van der Waals surface area (Å²) in [5.41, 5.74) is 5.67. The fraction of sp³-hybridized carbons (Fsp3) is 0.500. The number of fused-ring (bicyclic) bond motifs is 2. The van der Waals surface area contributed by atoms with Crippen LogP contribution in [0.3, 0.4) is 0 Å². The van der Waals surface area contributed by atoms with Crippen LogP contribution in [0.4, 0.5) is 0 Å². The highest BCUT2D eigenvalue weighted by molar-refractivity contribution is 5.92. The smallest absolute Gasteiger partial charge is 0.325 e. The normalized spacial score (nSPS) is 16.3. The number of nitrogens with zero attached hydrogens (tertiary/aromatic N) is 2. The first-order valence-electron chi connectivity index (χ1n) is 8.10. The Balaban J connectivity index is 2.19. The van der Waals surface area contributed by atoms with Crippen molar-refractivity contribution >= 4 is 16.9 Å². The molecule has 0 bridgehead atoms. The monoisotopic (exact) mass is 315 g/mol. The van der Waals surface area contributed by atoms with Crippen LogP contribution < -0.4 is 5.32 Å². The maximum absolute atomic E-state index is 11.6. The van der Waals surface area contributed by atoms with E-state index in [0.29, 0.717) is 6.04 Å². The van der Waals surface area contributed by atoms with Gasteiger partial charge in [-0.2, -0.15) is 0 Å². The van der Waals surface area contributed by atoms with Gasteiger partial charge in [0.15, 0.2) is 0 Å². The van der Waals surface area contributed by atoms with E-state index < -0.39 is 12.0 Å². The lowest BCUT2D eigenvalue weighted by Crippen LogP contribution is -2.25. The molecule has 0 spiro atoms. The highest BCUT2D eigenvalue weighted by atomic mass is 16.4. The first-order chi connectivity index (χ1) is 10.8. The first-order valence-corrected chi connectivity index (χ1v) is 8.10. The van der Waals surface area contributed by atoms with Gasteiger partial charge in [-0.05, 0) is 51.1 Å². The molecule has 1 aromatic carbocycles. The molecule has 0 saturated heterocycles. The molecule has 5 nitrogen and oxygen atoms in total. The van der Waals surface area contributed by atoms with E-state index in [9.17, 15) is 9.90 Å². The highest BCUT2D eigenvalue weighted by Crippen LogP contribution is 2.35. The standard InChI is InChI=1S/C18H25N3O2/c1-10(2)21-8-12-6-14-15(7-13(12)9-21)20(5)11(3)16(14)17(19-4)18(22)23/h6-7,10,17,19H,8-9H2,1-5H3,(H,22,23). The fourth-order valence-electron chi connectivity index (χ4n) is 3.63. The Hall–Kier alpha value is -1.85. The van der Waals surface area contributed by atoms with Crippen molar-refractivity contribution in [3.63, 3.8) is 0 Å². The van der Waals surface area contributed by atoms with Gasteiger partial charge in [-0.25, -0.2) is 0 Å². The van der Waals surface area contributed by atoms with Crippen molar-refractivity contribution < 1.29 is 9.90 Å². The molecule has 124 valence electrons. The molecule has 2 heterocycles. The second-order valence-corrected chi connectivity index (χ2v) is 6.75. The third-order valence-electron chi connectivity index (χ3n) is 5.16. The quantitative estimate of drug-likeness (QED) is 0.910. The van der Waals surface area contributed by atoms with Crippen molar-refractivity contribution in [2.75, 3.05) is 7.05 Å². The number of hydrogen-bond donors (Lipinski definition) is 2. The number of aromatic nitrogens is 1. The molecule has 0 fully saturated rings. The summed E-state index contributed by atoms with van der Waals surface area (Å²) in [6.45, 7) is 8.32. The van der Waals surface area contributed by atoms with Crippen molar-refractivity contribution in [1.29, 1.82) is 0 Å². The van der Waals surface area contributed by atoms with Crippen LogP contribution in [-0.2, 0) is 24.9 Å². The Kier molecular flexibility index (Phi) is 3.94. The Morgan fingerprint density at radius 2 is 1.87 bits per heavy atom. The van der Waals surface area contributed by atoms with Crippen LogP contribution in [0.25, 0.3) is 10.9 Å². The number of hydrogen-bond acceptors (Lipinski definition) is 3. The van der Waals surface area contributed by atoms with Crippen LogP contribution >= 0.6 is 0 Å². The largest absolute Gasteiger partial charge is 0.480 e. The number of nitrogens with one attached hydrogen (secondary N) is 1. The summed E-state index contributed by atoms with van der Waals surface area (Å²) in [4.78, 5) is 14.1. The average molecular weight is 315 g/mol. The summed E-state index contributed by atoms with van der Waals surface area (Å²) < 4.78 is 2.11.